The summed E-state index contributed by atoms with van der Waals surface area (Å²) in [6.07, 6.45) is 6.35. The number of nitrogens with two attached hydrogens (primary N) is 1. The van der Waals surface area contributed by atoms with E-state index in [1.54, 1.807) is 0 Å². The van der Waals surface area contributed by atoms with Crippen molar-refractivity contribution < 1.29 is 0 Å². The van der Waals surface area contributed by atoms with Crippen LogP contribution in [0.4, 0.5) is 5.82 Å². The molecule has 0 aromatic carbocycles. The molecule has 2 aromatic heterocycles. The molecule has 1 saturated carbocycles. The zero-order valence-electron chi connectivity index (χ0n) is 12.7. The molecule has 0 amide bonds. The van der Waals surface area contributed by atoms with Crippen molar-refractivity contribution in [3.8, 4) is 11.3 Å². The SMILES string of the molecule is CC(C)n1cc(-c2nc(C3CC3)n(C(C)C)c2N)cn1. The molecule has 2 heterocycles. The van der Waals surface area contributed by atoms with Crippen LogP contribution in [0.1, 0.15) is 64.4 Å². The first kappa shape index (κ1) is 13.2. The molecule has 0 atom stereocenters. The number of nitrogens with zero attached hydrogens (tertiary/aromatic N) is 4. The second-order valence-corrected chi connectivity index (χ2v) is 6.24. The van der Waals surface area contributed by atoms with Crippen molar-refractivity contribution in [2.75, 3.05) is 5.73 Å². The fourth-order valence-corrected chi connectivity index (χ4v) is 2.59. The molecule has 0 spiro atoms. The molecule has 0 unspecified atom stereocenters. The summed E-state index contributed by atoms with van der Waals surface area (Å²) >= 11 is 0. The highest BCUT2D eigenvalue weighted by atomic mass is 15.3. The molecular formula is C15H23N5. The summed E-state index contributed by atoms with van der Waals surface area (Å²) < 4.78 is 4.12. The van der Waals surface area contributed by atoms with Gasteiger partial charge >= 0.3 is 0 Å². The van der Waals surface area contributed by atoms with Crippen molar-refractivity contribution >= 4 is 5.82 Å². The fourth-order valence-electron chi connectivity index (χ4n) is 2.59. The summed E-state index contributed by atoms with van der Waals surface area (Å²) in [4.78, 5) is 4.82. The Morgan fingerprint density at radius 1 is 1.20 bits per heavy atom. The van der Waals surface area contributed by atoms with Gasteiger partial charge in [0.25, 0.3) is 0 Å². The lowest BCUT2D eigenvalue weighted by atomic mass is 10.2. The molecule has 5 heteroatoms. The highest BCUT2D eigenvalue weighted by molar-refractivity contribution is 5.70. The van der Waals surface area contributed by atoms with Crippen LogP contribution in [-0.2, 0) is 0 Å². The maximum atomic E-state index is 6.35. The van der Waals surface area contributed by atoms with Gasteiger partial charge in [0.1, 0.15) is 17.3 Å². The van der Waals surface area contributed by atoms with Gasteiger partial charge in [0, 0.05) is 29.8 Å². The molecule has 0 radical (unpaired) electrons. The highest BCUT2D eigenvalue weighted by Crippen LogP contribution is 2.43. The predicted molar refractivity (Wildman–Crippen MR) is 80.6 cm³/mol. The van der Waals surface area contributed by atoms with E-state index >= 15 is 0 Å². The molecule has 20 heavy (non-hydrogen) atoms. The van der Waals surface area contributed by atoms with Crippen molar-refractivity contribution in [1.29, 1.82) is 0 Å². The summed E-state index contributed by atoms with van der Waals surface area (Å²) in [5.41, 5.74) is 8.24. The van der Waals surface area contributed by atoms with Gasteiger partial charge in [-0.25, -0.2) is 4.98 Å². The maximum Gasteiger partial charge on any atom is 0.132 e. The molecule has 2 N–H and O–H groups in total. The molecule has 0 aliphatic heterocycles. The number of aromatic nitrogens is 4. The van der Waals surface area contributed by atoms with Gasteiger partial charge in [-0.3, -0.25) is 4.68 Å². The Kier molecular flexibility index (Phi) is 3.07. The molecule has 1 aliphatic rings. The van der Waals surface area contributed by atoms with Gasteiger partial charge in [-0.05, 0) is 40.5 Å². The quantitative estimate of drug-likeness (QED) is 0.929. The van der Waals surface area contributed by atoms with Crippen LogP contribution < -0.4 is 5.73 Å². The number of nitrogen functional groups attached to an aromatic ring is 1. The third-order valence-electron chi connectivity index (χ3n) is 3.84. The highest BCUT2D eigenvalue weighted by Gasteiger charge is 2.32. The standard InChI is InChI=1S/C15H23N5/c1-9(2)19-8-12(7-17-19)13-14(16)20(10(3)4)15(18-13)11-5-6-11/h7-11H,5-6,16H2,1-4H3. The Bertz CT molecular complexity index is 616. The van der Waals surface area contributed by atoms with E-state index in [2.05, 4.69) is 37.4 Å². The number of anilines is 1. The van der Waals surface area contributed by atoms with Gasteiger partial charge < -0.3 is 10.3 Å². The van der Waals surface area contributed by atoms with E-state index in [1.165, 1.54) is 12.8 Å². The number of hydrogen-bond acceptors (Lipinski definition) is 3. The van der Waals surface area contributed by atoms with Gasteiger partial charge in [-0.15, -0.1) is 0 Å². The van der Waals surface area contributed by atoms with Crippen LogP contribution in [-0.4, -0.2) is 19.3 Å². The van der Waals surface area contributed by atoms with Crippen molar-refractivity contribution in [1.82, 2.24) is 19.3 Å². The topological polar surface area (TPSA) is 61.7 Å². The summed E-state index contributed by atoms with van der Waals surface area (Å²) in [5.74, 6) is 2.50. The number of rotatable bonds is 4. The van der Waals surface area contributed by atoms with E-state index in [-0.39, 0.29) is 0 Å². The van der Waals surface area contributed by atoms with Crippen LogP contribution in [0.15, 0.2) is 12.4 Å². The Morgan fingerprint density at radius 3 is 2.40 bits per heavy atom. The zero-order valence-corrected chi connectivity index (χ0v) is 12.7. The maximum absolute atomic E-state index is 6.35. The first-order valence-corrected chi connectivity index (χ1v) is 7.41. The molecule has 1 aliphatic carbocycles. The molecular weight excluding hydrogens is 250 g/mol. The second kappa shape index (κ2) is 4.65. The normalized spacial score (nSPS) is 15.5. The van der Waals surface area contributed by atoms with E-state index in [4.69, 9.17) is 10.7 Å². The molecule has 2 aromatic rings. The Morgan fingerprint density at radius 2 is 1.90 bits per heavy atom. The van der Waals surface area contributed by atoms with Gasteiger partial charge in [-0.1, -0.05) is 0 Å². The lowest BCUT2D eigenvalue weighted by Crippen LogP contribution is -2.08. The predicted octanol–water partition coefficient (Wildman–Crippen LogP) is 3.37. The van der Waals surface area contributed by atoms with Crippen LogP contribution in [0.2, 0.25) is 0 Å². The number of imidazole rings is 1. The summed E-state index contributed by atoms with van der Waals surface area (Å²) in [5, 5.41) is 4.39. The molecule has 3 rings (SSSR count). The van der Waals surface area contributed by atoms with E-state index in [0.717, 1.165) is 22.9 Å². The smallest absolute Gasteiger partial charge is 0.132 e. The Balaban J connectivity index is 2.06. The Hall–Kier alpha value is -1.78. The minimum atomic E-state index is 0.340. The molecule has 0 saturated heterocycles. The van der Waals surface area contributed by atoms with E-state index in [0.29, 0.717) is 18.0 Å². The average molecular weight is 273 g/mol. The largest absolute Gasteiger partial charge is 0.383 e. The van der Waals surface area contributed by atoms with Crippen LogP contribution >= 0.6 is 0 Å². The van der Waals surface area contributed by atoms with Crippen molar-refractivity contribution in [3.05, 3.63) is 18.2 Å². The molecule has 5 nitrogen and oxygen atoms in total. The monoisotopic (exact) mass is 273 g/mol. The minimum absolute atomic E-state index is 0.340. The third-order valence-corrected chi connectivity index (χ3v) is 3.84. The molecule has 1 fully saturated rings. The van der Waals surface area contributed by atoms with Crippen molar-refractivity contribution in [2.24, 2.45) is 0 Å². The average Bonchev–Trinajstić information content (AvgIpc) is 2.98. The van der Waals surface area contributed by atoms with E-state index < -0.39 is 0 Å². The lowest BCUT2D eigenvalue weighted by molar-refractivity contribution is 0.532. The molecule has 108 valence electrons. The van der Waals surface area contributed by atoms with E-state index in [1.807, 2.05) is 17.1 Å². The lowest BCUT2D eigenvalue weighted by Gasteiger charge is -2.13. The van der Waals surface area contributed by atoms with Gasteiger partial charge in [0.05, 0.1) is 6.20 Å². The van der Waals surface area contributed by atoms with Gasteiger partial charge in [0.15, 0.2) is 0 Å². The Labute approximate surface area is 119 Å². The van der Waals surface area contributed by atoms with Crippen LogP contribution in [0.5, 0.6) is 0 Å². The summed E-state index contributed by atoms with van der Waals surface area (Å²) in [6, 6.07) is 0.687. The third kappa shape index (κ3) is 2.11. The first-order chi connectivity index (χ1) is 9.49. The zero-order chi connectivity index (χ0) is 14.4. The van der Waals surface area contributed by atoms with Gasteiger partial charge in [0.2, 0.25) is 0 Å². The first-order valence-electron chi connectivity index (χ1n) is 7.41. The number of hydrogen-bond donors (Lipinski definition) is 1. The summed E-state index contributed by atoms with van der Waals surface area (Å²) in [7, 11) is 0. The second-order valence-electron chi connectivity index (χ2n) is 6.24. The van der Waals surface area contributed by atoms with Crippen LogP contribution in [0, 0.1) is 0 Å². The molecule has 0 bridgehead atoms. The van der Waals surface area contributed by atoms with Crippen molar-refractivity contribution in [2.45, 2.75) is 58.5 Å². The van der Waals surface area contributed by atoms with Crippen LogP contribution in [0.3, 0.4) is 0 Å². The van der Waals surface area contributed by atoms with Crippen LogP contribution in [0.25, 0.3) is 11.3 Å². The minimum Gasteiger partial charge on any atom is -0.383 e. The van der Waals surface area contributed by atoms with Gasteiger partial charge in [-0.2, -0.15) is 5.10 Å². The summed E-state index contributed by atoms with van der Waals surface area (Å²) in [6.45, 7) is 8.54. The fraction of sp³-hybridized carbons (Fsp3) is 0.600. The van der Waals surface area contributed by atoms with Crippen molar-refractivity contribution in [3.63, 3.8) is 0 Å². The van der Waals surface area contributed by atoms with E-state index in [9.17, 15) is 0 Å².